The molecule has 0 spiro atoms. The molecule has 4 heteroatoms. The summed E-state index contributed by atoms with van der Waals surface area (Å²) in [5.74, 6) is 1.77. The normalized spacial score (nSPS) is 10.8. The average molecular weight is 248 g/mol. The van der Waals surface area contributed by atoms with E-state index in [0.29, 0.717) is 0 Å². The summed E-state index contributed by atoms with van der Waals surface area (Å²) >= 11 is 1.77. The second-order valence-electron chi connectivity index (χ2n) is 4.06. The summed E-state index contributed by atoms with van der Waals surface area (Å²) in [6.45, 7) is 5.96. The molecule has 3 nitrogen and oxygen atoms in total. The number of anilines is 1. The van der Waals surface area contributed by atoms with Crippen molar-refractivity contribution in [2.24, 2.45) is 0 Å². The standard InChI is InChI=1S/C13H16N2OS/c1-8-12(14)5-4-6-13(8)17-7-11-9(2)15-16-10(11)3/h4-6H,7,14H2,1-3H3. The highest BCUT2D eigenvalue weighted by molar-refractivity contribution is 7.98. The average Bonchev–Trinajstić information content (AvgIpc) is 2.62. The quantitative estimate of drug-likeness (QED) is 0.667. The van der Waals surface area contributed by atoms with Crippen molar-refractivity contribution in [1.82, 2.24) is 5.16 Å². The Morgan fingerprint density at radius 2 is 2.06 bits per heavy atom. The van der Waals surface area contributed by atoms with Gasteiger partial charge in [0, 0.05) is 21.9 Å². The number of nitrogens with zero attached hydrogens (tertiary/aromatic N) is 1. The molecule has 0 aliphatic carbocycles. The Morgan fingerprint density at radius 1 is 1.29 bits per heavy atom. The van der Waals surface area contributed by atoms with Gasteiger partial charge in [0.1, 0.15) is 5.76 Å². The molecule has 17 heavy (non-hydrogen) atoms. The first-order valence-corrected chi connectivity index (χ1v) is 6.47. The van der Waals surface area contributed by atoms with Crippen LogP contribution >= 0.6 is 11.8 Å². The van der Waals surface area contributed by atoms with Crippen LogP contribution in [-0.2, 0) is 5.75 Å². The monoisotopic (exact) mass is 248 g/mol. The molecule has 0 saturated carbocycles. The molecule has 90 valence electrons. The first kappa shape index (κ1) is 12.0. The molecule has 2 N–H and O–H groups in total. The van der Waals surface area contributed by atoms with Crippen molar-refractivity contribution >= 4 is 17.4 Å². The molecule has 0 aliphatic rings. The van der Waals surface area contributed by atoms with Gasteiger partial charge in [-0.1, -0.05) is 11.2 Å². The zero-order valence-electron chi connectivity index (χ0n) is 10.3. The molecular formula is C13H16N2OS. The number of aryl methyl sites for hydroxylation is 2. The van der Waals surface area contributed by atoms with Crippen molar-refractivity contribution in [3.63, 3.8) is 0 Å². The lowest BCUT2D eigenvalue weighted by molar-refractivity contribution is 0.392. The van der Waals surface area contributed by atoms with Crippen LogP contribution < -0.4 is 5.73 Å². The van der Waals surface area contributed by atoms with Crippen molar-refractivity contribution in [2.45, 2.75) is 31.4 Å². The van der Waals surface area contributed by atoms with Crippen molar-refractivity contribution < 1.29 is 4.52 Å². The molecule has 0 radical (unpaired) electrons. The van der Waals surface area contributed by atoms with Crippen molar-refractivity contribution in [1.29, 1.82) is 0 Å². The van der Waals surface area contributed by atoms with E-state index >= 15 is 0 Å². The summed E-state index contributed by atoms with van der Waals surface area (Å²) in [5, 5.41) is 3.96. The summed E-state index contributed by atoms with van der Waals surface area (Å²) in [5.41, 5.74) is 10.0. The zero-order chi connectivity index (χ0) is 12.4. The first-order valence-electron chi connectivity index (χ1n) is 5.49. The number of hydrogen-bond donors (Lipinski definition) is 1. The van der Waals surface area contributed by atoms with Gasteiger partial charge in [-0.2, -0.15) is 0 Å². The predicted molar refractivity (Wildman–Crippen MR) is 71.1 cm³/mol. The van der Waals surface area contributed by atoms with E-state index in [9.17, 15) is 0 Å². The van der Waals surface area contributed by atoms with Crippen LogP contribution in [0.2, 0.25) is 0 Å². The van der Waals surface area contributed by atoms with Crippen LogP contribution in [0.5, 0.6) is 0 Å². The van der Waals surface area contributed by atoms with Crippen LogP contribution in [0.15, 0.2) is 27.6 Å². The number of aromatic nitrogens is 1. The van der Waals surface area contributed by atoms with E-state index in [0.717, 1.165) is 28.5 Å². The molecule has 0 saturated heterocycles. The van der Waals surface area contributed by atoms with E-state index in [-0.39, 0.29) is 0 Å². The van der Waals surface area contributed by atoms with Gasteiger partial charge in [0.2, 0.25) is 0 Å². The number of nitrogen functional groups attached to an aromatic ring is 1. The molecular weight excluding hydrogens is 232 g/mol. The van der Waals surface area contributed by atoms with Crippen LogP contribution in [0.25, 0.3) is 0 Å². The third-order valence-electron chi connectivity index (χ3n) is 2.88. The van der Waals surface area contributed by atoms with Gasteiger partial charge in [-0.25, -0.2) is 0 Å². The van der Waals surface area contributed by atoms with Gasteiger partial charge in [0.05, 0.1) is 5.69 Å². The van der Waals surface area contributed by atoms with Crippen molar-refractivity contribution in [3.8, 4) is 0 Å². The second kappa shape index (κ2) is 4.84. The number of nitrogens with two attached hydrogens (primary N) is 1. The molecule has 0 unspecified atom stereocenters. The van der Waals surface area contributed by atoms with E-state index in [1.165, 1.54) is 10.5 Å². The van der Waals surface area contributed by atoms with E-state index in [2.05, 4.69) is 11.2 Å². The molecule has 0 aliphatic heterocycles. The van der Waals surface area contributed by atoms with E-state index in [1.54, 1.807) is 11.8 Å². The molecule has 0 atom stereocenters. The highest BCUT2D eigenvalue weighted by atomic mass is 32.2. The largest absolute Gasteiger partial charge is 0.398 e. The second-order valence-corrected chi connectivity index (χ2v) is 5.08. The highest BCUT2D eigenvalue weighted by Crippen LogP contribution is 2.30. The van der Waals surface area contributed by atoms with Gasteiger partial charge in [0.25, 0.3) is 0 Å². The molecule has 1 aromatic carbocycles. The minimum Gasteiger partial charge on any atom is -0.398 e. The summed E-state index contributed by atoms with van der Waals surface area (Å²) in [4.78, 5) is 1.21. The van der Waals surface area contributed by atoms with Gasteiger partial charge >= 0.3 is 0 Å². The van der Waals surface area contributed by atoms with Gasteiger partial charge in [-0.05, 0) is 38.5 Å². The summed E-state index contributed by atoms with van der Waals surface area (Å²) in [7, 11) is 0. The summed E-state index contributed by atoms with van der Waals surface area (Å²) in [6, 6.07) is 6.00. The topological polar surface area (TPSA) is 52.0 Å². The molecule has 1 aromatic heterocycles. The maximum absolute atomic E-state index is 5.89. The SMILES string of the molecule is Cc1noc(C)c1CSc1cccc(N)c1C. The van der Waals surface area contributed by atoms with Crippen LogP contribution in [-0.4, -0.2) is 5.16 Å². The van der Waals surface area contributed by atoms with Crippen molar-refractivity contribution in [2.75, 3.05) is 5.73 Å². The lowest BCUT2D eigenvalue weighted by atomic mass is 10.2. The van der Waals surface area contributed by atoms with E-state index in [4.69, 9.17) is 10.3 Å². The number of hydrogen-bond acceptors (Lipinski definition) is 4. The fraction of sp³-hybridized carbons (Fsp3) is 0.308. The lowest BCUT2D eigenvalue weighted by Gasteiger charge is -2.07. The van der Waals surface area contributed by atoms with Gasteiger partial charge in [0.15, 0.2) is 0 Å². The van der Waals surface area contributed by atoms with E-state index in [1.807, 2.05) is 32.9 Å². The number of thioether (sulfide) groups is 1. The minimum absolute atomic E-state index is 0.841. The fourth-order valence-electron chi connectivity index (χ4n) is 1.65. The van der Waals surface area contributed by atoms with Gasteiger partial charge in [-0.15, -0.1) is 11.8 Å². The molecule has 1 heterocycles. The van der Waals surface area contributed by atoms with Crippen LogP contribution in [0, 0.1) is 20.8 Å². The molecule has 0 amide bonds. The third kappa shape index (κ3) is 2.47. The van der Waals surface area contributed by atoms with Crippen LogP contribution in [0.1, 0.15) is 22.6 Å². The Balaban J connectivity index is 2.15. The van der Waals surface area contributed by atoms with Gasteiger partial charge in [-0.3, -0.25) is 0 Å². The number of benzene rings is 1. The molecule has 2 aromatic rings. The summed E-state index contributed by atoms with van der Waals surface area (Å²) < 4.78 is 5.15. The summed E-state index contributed by atoms with van der Waals surface area (Å²) in [6.07, 6.45) is 0. The first-order chi connectivity index (χ1) is 8.09. The molecule has 0 bridgehead atoms. The molecule has 2 rings (SSSR count). The Labute approximate surface area is 105 Å². The Bertz CT molecular complexity index is 515. The minimum atomic E-state index is 0.841. The lowest BCUT2D eigenvalue weighted by Crippen LogP contribution is -1.91. The third-order valence-corrected chi connectivity index (χ3v) is 4.07. The van der Waals surface area contributed by atoms with Crippen LogP contribution in [0.4, 0.5) is 5.69 Å². The predicted octanol–water partition coefficient (Wildman–Crippen LogP) is 3.47. The Hall–Kier alpha value is -1.42. The van der Waals surface area contributed by atoms with Gasteiger partial charge < -0.3 is 10.3 Å². The Kier molecular flexibility index (Phi) is 3.43. The maximum atomic E-state index is 5.89. The Morgan fingerprint density at radius 3 is 2.71 bits per heavy atom. The highest BCUT2D eigenvalue weighted by Gasteiger charge is 2.10. The molecule has 0 fully saturated rings. The number of rotatable bonds is 3. The van der Waals surface area contributed by atoms with Crippen LogP contribution in [0.3, 0.4) is 0 Å². The zero-order valence-corrected chi connectivity index (χ0v) is 11.1. The fourth-order valence-corrected chi connectivity index (χ4v) is 2.87. The van der Waals surface area contributed by atoms with Crippen molar-refractivity contribution in [3.05, 3.63) is 40.8 Å². The van der Waals surface area contributed by atoms with E-state index < -0.39 is 0 Å². The maximum Gasteiger partial charge on any atom is 0.137 e. The smallest absolute Gasteiger partial charge is 0.137 e.